The fraction of sp³-hybridized carbons (Fsp3) is 0.375. The van der Waals surface area contributed by atoms with Crippen molar-refractivity contribution in [2.75, 3.05) is 50.8 Å². The van der Waals surface area contributed by atoms with Crippen molar-refractivity contribution in [3.63, 3.8) is 0 Å². The van der Waals surface area contributed by atoms with E-state index < -0.39 is 23.8 Å². The third kappa shape index (κ3) is 8.95. The Morgan fingerprint density at radius 2 is 1.42 bits per heavy atom. The molecule has 1 unspecified atom stereocenters. The van der Waals surface area contributed by atoms with E-state index in [2.05, 4.69) is 39.5 Å². The largest absolute Gasteiger partial charge is 0.508 e. The lowest BCUT2D eigenvalue weighted by molar-refractivity contribution is -0.136. The zero-order valence-corrected chi connectivity index (χ0v) is 34.1. The van der Waals surface area contributed by atoms with E-state index >= 15 is 0 Å². The number of piperidine rings is 3. The van der Waals surface area contributed by atoms with Crippen LogP contribution in [0.3, 0.4) is 0 Å². The van der Waals surface area contributed by atoms with Gasteiger partial charge in [0.15, 0.2) is 0 Å². The number of ether oxygens (including phenoxy) is 1. The molecule has 2 atom stereocenters. The second-order valence-electron chi connectivity index (χ2n) is 16.3. The summed E-state index contributed by atoms with van der Waals surface area (Å²) in [6.07, 6.45) is 5.35. The van der Waals surface area contributed by atoms with Gasteiger partial charge in [-0.15, -0.1) is 0 Å². The van der Waals surface area contributed by atoms with E-state index in [0.29, 0.717) is 29.7 Å². The molecule has 3 fully saturated rings. The van der Waals surface area contributed by atoms with Crippen molar-refractivity contribution in [2.24, 2.45) is 5.92 Å². The third-order valence-electron chi connectivity index (χ3n) is 12.5. The van der Waals surface area contributed by atoms with Crippen molar-refractivity contribution in [1.29, 1.82) is 0 Å². The van der Waals surface area contributed by atoms with Crippen LogP contribution in [0.1, 0.15) is 89.3 Å². The first-order valence-corrected chi connectivity index (χ1v) is 21.3. The Hall–Kier alpha value is -5.98. The van der Waals surface area contributed by atoms with Crippen molar-refractivity contribution in [2.45, 2.75) is 64.0 Å². The molecule has 0 aliphatic carbocycles. The highest BCUT2D eigenvalue weighted by Gasteiger charge is 2.45. The van der Waals surface area contributed by atoms with E-state index in [4.69, 9.17) is 4.74 Å². The number of nitrogens with one attached hydrogen (secondary N) is 2. The summed E-state index contributed by atoms with van der Waals surface area (Å²) < 4.78 is 6.23. The van der Waals surface area contributed by atoms with Crippen LogP contribution in [0.4, 0.5) is 5.69 Å². The van der Waals surface area contributed by atoms with Crippen LogP contribution in [-0.4, -0.2) is 102 Å². The number of nitrogens with zero attached hydrogens (tertiary/aromatic N) is 3. The van der Waals surface area contributed by atoms with Gasteiger partial charge in [-0.2, -0.15) is 0 Å². The van der Waals surface area contributed by atoms with Crippen molar-refractivity contribution in [1.82, 2.24) is 20.4 Å². The zero-order chi connectivity index (χ0) is 41.8. The molecule has 4 heterocycles. The summed E-state index contributed by atoms with van der Waals surface area (Å²) in [7, 11) is 0. The lowest BCUT2D eigenvalue weighted by atomic mass is 9.88. The number of hydrogen-bond donors (Lipinski definition) is 4. The predicted octanol–water partition coefficient (Wildman–Crippen LogP) is 6.22. The number of carbonyl (C=O) groups excluding carboxylic acids is 4. The molecule has 4 aliphatic rings. The minimum Gasteiger partial charge on any atom is -0.508 e. The molecule has 0 spiro atoms. The van der Waals surface area contributed by atoms with Gasteiger partial charge in [0, 0.05) is 37.8 Å². The molecule has 4 aromatic carbocycles. The number of anilines is 1. The van der Waals surface area contributed by atoms with Crippen LogP contribution in [0.5, 0.6) is 17.2 Å². The van der Waals surface area contributed by atoms with Gasteiger partial charge in [-0.05, 0) is 147 Å². The number of aromatic hydroxyl groups is 2. The summed E-state index contributed by atoms with van der Waals surface area (Å²) in [4.78, 5) is 56.5. The van der Waals surface area contributed by atoms with E-state index in [1.807, 2.05) is 42.5 Å². The number of rotatable bonds is 13. The molecule has 0 bridgehead atoms. The maximum atomic E-state index is 13.4. The normalized spacial score (nSPS) is 20.6. The van der Waals surface area contributed by atoms with Gasteiger partial charge in [-0.25, -0.2) is 0 Å². The monoisotopic (exact) mass is 811 g/mol. The average molecular weight is 812 g/mol. The molecular weight excluding hydrogens is 759 g/mol. The van der Waals surface area contributed by atoms with Gasteiger partial charge < -0.3 is 25.2 Å². The smallest absolute Gasteiger partial charge is 0.262 e. The molecular formula is C48H53N5O7. The van der Waals surface area contributed by atoms with Gasteiger partial charge in [0.1, 0.15) is 29.9 Å². The van der Waals surface area contributed by atoms with E-state index in [1.54, 1.807) is 36.4 Å². The lowest BCUT2D eigenvalue weighted by Gasteiger charge is -2.37. The zero-order valence-electron chi connectivity index (χ0n) is 34.1. The number of amides is 4. The summed E-state index contributed by atoms with van der Waals surface area (Å²) >= 11 is 0. The van der Waals surface area contributed by atoms with Crippen LogP contribution < -0.4 is 20.3 Å². The summed E-state index contributed by atoms with van der Waals surface area (Å²) in [5.41, 5.74) is 6.81. The molecule has 12 nitrogen and oxygen atoms in total. The Balaban J connectivity index is 0.797. The molecule has 8 rings (SSSR count). The molecule has 4 aromatic rings. The second kappa shape index (κ2) is 18.1. The Kier molecular flexibility index (Phi) is 12.3. The highest BCUT2D eigenvalue weighted by Crippen LogP contribution is 2.37. The molecule has 312 valence electrons. The van der Waals surface area contributed by atoms with Crippen LogP contribution in [0.2, 0.25) is 0 Å². The summed E-state index contributed by atoms with van der Waals surface area (Å²) in [5, 5.41) is 25.9. The maximum Gasteiger partial charge on any atom is 0.262 e. The number of likely N-dealkylation sites (tertiary alicyclic amines) is 1. The van der Waals surface area contributed by atoms with E-state index in [-0.39, 0.29) is 30.2 Å². The van der Waals surface area contributed by atoms with Crippen LogP contribution in [0.15, 0.2) is 91.0 Å². The van der Waals surface area contributed by atoms with Crippen molar-refractivity contribution >= 4 is 40.5 Å². The summed E-state index contributed by atoms with van der Waals surface area (Å²) in [6, 6.07) is 27.5. The number of phenols is 2. The first kappa shape index (κ1) is 40.8. The van der Waals surface area contributed by atoms with Gasteiger partial charge in [0.2, 0.25) is 11.8 Å². The minimum atomic E-state index is -0.971. The van der Waals surface area contributed by atoms with Gasteiger partial charge in [0.25, 0.3) is 11.8 Å². The fourth-order valence-electron chi connectivity index (χ4n) is 9.12. The molecule has 4 amide bonds. The van der Waals surface area contributed by atoms with E-state index in [9.17, 15) is 29.4 Å². The molecule has 4 aliphatic heterocycles. The molecule has 0 saturated carbocycles. The Labute approximate surface area is 350 Å². The molecule has 4 N–H and O–H groups in total. The summed E-state index contributed by atoms with van der Waals surface area (Å²) in [5.74, 6) is -0.0891. The van der Waals surface area contributed by atoms with Crippen LogP contribution in [0, 0.1) is 5.92 Å². The van der Waals surface area contributed by atoms with Crippen LogP contribution in [0.25, 0.3) is 11.1 Å². The Morgan fingerprint density at radius 3 is 2.08 bits per heavy atom. The molecule has 0 radical (unpaired) electrons. The van der Waals surface area contributed by atoms with Crippen LogP contribution in [-0.2, 0) is 9.59 Å². The number of benzene rings is 4. The third-order valence-corrected chi connectivity index (χ3v) is 12.5. The standard InChI is InChI=1S/C48H53N5O7/c1-2-40(32-5-12-37(54)13-6-32)45(33-7-14-38(55)15-8-33)34-9-16-39(17-10-34)60-27-26-51-24-21-31(22-25-51)29-49-35-4-3-23-52(30-35)36-11-18-41-42(28-36)48(59)53(47(41)58)43-19-20-44(56)50-46(43)57/h5-18,28,31,35,43,49,54-55H,2-4,19-27,29-30H2,1H3,(H,50,56,57)/t35-,43?/m1/s1. The number of imide groups is 2. The topological polar surface area (TPSA) is 152 Å². The van der Waals surface area contributed by atoms with Gasteiger partial charge >= 0.3 is 0 Å². The maximum absolute atomic E-state index is 13.4. The molecule has 3 saturated heterocycles. The first-order chi connectivity index (χ1) is 29.1. The van der Waals surface area contributed by atoms with E-state index in [1.165, 1.54) is 0 Å². The highest BCUT2D eigenvalue weighted by molar-refractivity contribution is 6.23. The number of allylic oxidation sites excluding steroid dienone is 1. The quantitative estimate of drug-likeness (QED) is 0.0906. The number of phenolic OH excluding ortho intramolecular Hbond substituents is 2. The van der Waals surface area contributed by atoms with Gasteiger partial charge in [0.05, 0.1) is 11.1 Å². The van der Waals surface area contributed by atoms with Crippen molar-refractivity contribution in [3.8, 4) is 17.2 Å². The number of carbonyl (C=O) groups is 4. The Bertz CT molecular complexity index is 2250. The predicted molar refractivity (Wildman–Crippen MR) is 230 cm³/mol. The SMILES string of the molecule is CCC(=C(c1ccc(O)cc1)c1ccc(OCCN2CCC(CN[C@@H]3CCCN(c4ccc5c(c4)C(=O)N(C4CCC(=O)NC4=O)C5=O)C3)CC2)cc1)c1ccc(O)cc1. The Morgan fingerprint density at radius 1 is 0.767 bits per heavy atom. The minimum absolute atomic E-state index is 0.0949. The van der Waals surface area contributed by atoms with Gasteiger partial charge in [-0.1, -0.05) is 43.3 Å². The fourth-order valence-corrected chi connectivity index (χ4v) is 9.12. The number of hydrogen-bond acceptors (Lipinski definition) is 10. The first-order valence-electron chi connectivity index (χ1n) is 21.3. The van der Waals surface area contributed by atoms with Crippen molar-refractivity contribution < 1.29 is 34.1 Å². The summed E-state index contributed by atoms with van der Waals surface area (Å²) in [6.45, 7) is 8.27. The van der Waals surface area contributed by atoms with E-state index in [0.717, 1.165) is 116 Å². The second-order valence-corrected chi connectivity index (χ2v) is 16.3. The van der Waals surface area contributed by atoms with Gasteiger partial charge in [-0.3, -0.25) is 34.3 Å². The lowest BCUT2D eigenvalue weighted by Crippen LogP contribution is -2.54. The average Bonchev–Trinajstić information content (AvgIpc) is 3.51. The molecule has 60 heavy (non-hydrogen) atoms. The van der Waals surface area contributed by atoms with Crippen LogP contribution >= 0.6 is 0 Å². The number of fused-ring (bicyclic) bond motifs is 1. The molecule has 12 heteroatoms. The highest BCUT2D eigenvalue weighted by atomic mass is 16.5. The van der Waals surface area contributed by atoms with Crippen molar-refractivity contribution in [3.05, 3.63) is 119 Å². The molecule has 0 aromatic heterocycles.